The van der Waals surface area contributed by atoms with Crippen molar-refractivity contribution in [3.8, 4) is 0 Å². The number of anilines is 3. The van der Waals surface area contributed by atoms with E-state index in [1.807, 2.05) is 72.8 Å². The van der Waals surface area contributed by atoms with E-state index in [9.17, 15) is 19.2 Å². The summed E-state index contributed by atoms with van der Waals surface area (Å²) in [5, 5.41) is 11.7. The third-order valence-corrected chi connectivity index (χ3v) is 8.90. The SMILES string of the molecule is CC(=O)Nc1ccc(NC(=O)[C@H](Sc2ccc(NC(=O)/C(=C\c3c[nH]c4ccccc34)NC(=O)c3ccccc3)cc2)c2ccccc2)cc1. The van der Waals surface area contributed by atoms with E-state index in [1.165, 1.54) is 18.7 Å². The highest BCUT2D eigenvalue weighted by molar-refractivity contribution is 8.00. The van der Waals surface area contributed by atoms with Crippen LogP contribution in [0.3, 0.4) is 0 Å². The van der Waals surface area contributed by atoms with Gasteiger partial charge >= 0.3 is 0 Å². The monoisotopic (exact) mass is 679 g/mol. The van der Waals surface area contributed by atoms with Gasteiger partial charge in [0.2, 0.25) is 11.8 Å². The molecule has 248 valence electrons. The summed E-state index contributed by atoms with van der Waals surface area (Å²) >= 11 is 1.37. The maximum Gasteiger partial charge on any atom is 0.272 e. The number of aromatic nitrogens is 1. The van der Waals surface area contributed by atoms with Crippen molar-refractivity contribution < 1.29 is 19.2 Å². The van der Waals surface area contributed by atoms with Crippen molar-refractivity contribution in [2.45, 2.75) is 17.1 Å². The summed E-state index contributed by atoms with van der Waals surface area (Å²) in [4.78, 5) is 55.7. The number of carbonyl (C=O) groups excluding carboxylic acids is 4. The Morgan fingerprint density at radius 3 is 1.92 bits per heavy atom. The predicted molar refractivity (Wildman–Crippen MR) is 200 cm³/mol. The Bertz CT molecular complexity index is 2160. The van der Waals surface area contributed by atoms with Gasteiger partial charge < -0.3 is 26.3 Å². The van der Waals surface area contributed by atoms with Crippen LogP contribution in [0.1, 0.15) is 33.7 Å². The van der Waals surface area contributed by atoms with Crippen molar-refractivity contribution in [1.29, 1.82) is 0 Å². The zero-order chi connectivity index (χ0) is 34.9. The molecule has 0 bridgehead atoms. The third kappa shape index (κ3) is 8.55. The average molecular weight is 680 g/mol. The molecule has 0 aliphatic heterocycles. The van der Waals surface area contributed by atoms with Crippen LogP contribution in [0.15, 0.2) is 150 Å². The molecule has 10 heteroatoms. The van der Waals surface area contributed by atoms with E-state index in [1.54, 1.807) is 72.9 Å². The van der Waals surface area contributed by atoms with E-state index in [2.05, 4.69) is 26.3 Å². The maximum absolute atomic E-state index is 13.6. The molecule has 50 heavy (non-hydrogen) atoms. The Labute approximate surface area is 293 Å². The normalized spacial score (nSPS) is 11.7. The van der Waals surface area contributed by atoms with Crippen LogP contribution in [0.4, 0.5) is 17.1 Å². The topological polar surface area (TPSA) is 132 Å². The quantitative estimate of drug-likeness (QED) is 0.0699. The van der Waals surface area contributed by atoms with Crippen molar-refractivity contribution >= 4 is 69.4 Å². The number of hydrogen-bond donors (Lipinski definition) is 5. The second kappa shape index (κ2) is 15.7. The second-order valence-corrected chi connectivity index (χ2v) is 12.5. The largest absolute Gasteiger partial charge is 0.361 e. The fraction of sp³-hybridized carbons (Fsp3) is 0.0500. The molecule has 0 saturated heterocycles. The first-order valence-electron chi connectivity index (χ1n) is 15.8. The predicted octanol–water partition coefficient (Wildman–Crippen LogP) is 8.01. The van der Waals surface area contributed by atoms with Gasteiger partial charge in [-0.15, -0.1) is 11.8 Å². The molecule has 0 fully saturated rings. The van der Waals surface area contributed by atoms with Crippen LogP contribution in [-0.4, -0.2) is 28.6 Å². The molecule has 5 N–H and O–H groups in total. The highest BCUT2D eigenvalue weighted by Gasteiger charge is 2.23. The standard InChI is InChI=1S/C40H33N5O4S/c1-26(46)42-30-16-18-31(19-17-30)44-40(49)37(27-10-4-2-5-11-27)50-33-22-20-32(21-23-33)43-39(48)36(45-38(47)28-12-6-3-7-13-28)24-29-25-41-35-15-9-8-14-34(29)35/h2-25,37,41H,1H3,(H,42,46)(H,43,48)(H,44,49)(H,45,47)/b36-24+/t37-/m1/s1. The lowest BCUT2D eigenvalue weighted by molar-refractivity contribution is -0.116. The summed E-state index contributed by atoms with van der Waals surface area (Å²) in [7, 11) is 0. The van der Waals surface area contributed by atoms with Gasteiger partial charge in [0.05, 0.1) is 0 Å². The molecule has 6 aromatic rings. The fourth-order valence-corrected chi connectivity index (χ4v) is 6.24. The first-order chi connectivity index (χ1) is 24.3. The fourth-order valence-electron chi connectivity index (χ4n) is 5.21. The number of fused-ring (bicyclic) bond motifs is 1. The summed E-state index contributed by atoms with van der Waals surface area (Å²) in [5.41, 5.74) is 4.72. The molecule has 0 unspecified atom stereocenters. The molecular formula is C40H33N5O4S. The highest BCUT2D eigenvalue weighted by Crippen LogP contribution is 2.37. The van der Waals surface area contributed by atoms with Crippen LogP contribution in [0.5, 0.6) is 0 Å². The number of aromatic amines is 1. The Morgan fingerprint density at radius 2 is 1.24 bits per heavy atom. The lowest BCUT2D eigenvalue weighted by Gasteiger charge is -2.18. The summed E-state index contributed by atoms with van der Waals surface area (Å²) in [6.07, 6.45) is 3.44. The Morgan fingerprint density at radius 1 is 0.660 bits per heavy atom. The summed E-state index contributed by atoms with van der Waals surface area (Å²) < 4.78 is 0. The molecule has 0 spiro atoms. The van der Waals surface area contributed by atoms with E-state index in [0.717, 1.165) is 26.9 Å². The summed E-state index contributed by atoms with van der Waals surface area (Å²) in [5.74, 6) is -1.30. The van der Waals surface area contributed by atoms with Crippen molar-refractivity contribution in [2.24, 2.45) is 0 Å². The average Bonchev–Trinajstić information content (AvgIpc) is 3.55. The van der Waals surface area contributed by atoms with Crippen molar-refractivity contribution in [2.75, 3.05) is 16.0 Å². The molecule has 6 rings (SSSR count). The van der Waals surface area contributed by atoms with Gasteiger partial charge in [-0.25, -0.2) is 0 Å². The number of thioether (sulfide) groups is 1. The Balaban J connectivity index is 1.19. The lowest BCUT2D eigenvalue weighted by Crippen LogP contribution is -2.30. The molecule has 1 aromatic heterocycles. The maximum atomic E-state index is 13.6. The zero-order valence-corrected chi connectivity index (χ0v) is 27.8. The molecule has 0 radical (unpaired) electrons. The van der Waals surface area contributed by atoms with Gasteiger partial charge in [-0.05, 0) is 78.4 Å². The first kappa shape index (κ1) is 33.5. The highest BCUT2D eigenvalue weighted by atomic mass is 32.2. The zero-order valence-electron chi connectivity index (χ0n) is 27.0. The minimum atomic E-state index is -0.578. The van der Waals surface area contributed by atoms with Gasteiger partial charge in [-0.2, -0.15) is 0 Å². The van der Waals surface area contributed by atoms with Crippen molar-refractivity contribution in [3.63, 3.8) is 0 Å². The van der Waals surface area contributed by atoms with Crippen molar-refractivity contribution in [1.82, 2.24) is 10.3 Å². The smallest absolute Gasteiger partial charge is 0.272 e. The number of carbonyl (C=O) groups is 4. The van der Waals surface area contributed by atoms with E-state index in [-0.39, 0.29) is 17.5 Å². The number of amides is 4. The van der Waals surface area contributed by atoms with Gasteiger partial charge in [0, 0.05) is 57.1 Å². The Hall–Kier alpha value is -6.39. The van der Waals surface area contributed by atoms with Gasteiger partial charge in [-0.3, -0.25) is 19.2 Å². The number of rotatable bonds is 11. The van der Waals surface area contributed by atoms with E-state index in [0.29, 0.717) is 22.6 Å². The van der Waals surface area contributed by atoms with Gasteiger partial charge in [0.15, 0.2) is 0 Å². The molecule has 4 amide bonds. The number of hydrogen-bond acceptors (Lipinski definition) is 5. The van der Waals surface area contributed by atoms with Crippen LogP contribution < -0.4 is 21.3 Å². The van der Waals surface area contributed by atoms with Crippen LogP contribution in [0.25, 0.3) is 17.0 Å². The number of H-pyrrole nitrogens is 1. The first-order valence-corrected chi connectivity index (χ1v) is 16.7. The van der Waals surface area contributed by atoms with Crippen LogP contribution >= 0.6 is 11.8 Å². The number of nitrogens with one attached hydrogen (secondary N) is 5. The molecule has 9 nitrogen and oxygen atoms in total. The molecule has 1 atom stereocenters. The third-order valence-electron chi connectivity index (χ3n) is 7.63. The minimum absolute atomic E-state index is 0.0768. The molecular weight excluding hydrogens is 647 g/mol. The van der Waals surface area contributed by atoms with Crippen molar-refractivity contribution in [3.05, 3.63) is 162 Å². The number of para-hydroxylation sites is 1. The van der Waals surface area contributed by atoms with Crippen LogP contribution in [0.2, 0.25) is 0 Å². The van der Waals surface area contributed by atoms with Crippen LogP contribution in [-0.2, 0) is 14.4 Å². The van der Waals surface area contributed by atoms with Gasteiger partial charge in [-0.1, -0.05) is 66.7 Å². The molecule has 5 aromatic carbocycles. The molecule has 0 aliphatic rings. The summed E-state index contributed by atoms with van der Waals surface area (Å²) in [6, 6.07) is 40.0. The minimum Gasteiger partial charge on any atom is -0.361 e. The van der Waals surface area contributed by atoms with E-state index in [4.69, 9.17) is 0 Å². The second-order valence-electron chi connectivity index (χ2n) is 11.3. The molecule has 0 aliphatic carbocycles. The van der Waals surface area contributed by atoms with E-state index >= 15 is 0 Å². The summed E-state index contributed by atoms with van der Waals surface area (Å²) in [6.45, 7) is 1.44. The molecule has 1 heterocycles. The van der Waals surface area contributed by atoms with Gasteiger partial charge in [0.25, 0.3) is 11.8 Å². The van der Waals surface area contributed by atoms with Crippen LogP contribution in [0, 0.1) is 0 Å². The van der Waals surface area contributed by atoms with E-state index < -0.39 is 17.1 Å². The Kier molecular flexibility index (Phi) is 10.5. The van der Waals surface area contributed by atoms with Gasteiger partial charge in [0.1, 0.15) is 10.9 Å². The molecule has 0 saturated carbocycles. The number of benzene rings is 5. The lowest BCUT2D eigenvalue weighted by atomic mass is 10.1.